The third-order valence-corrected chi connectivity index (χ3v) is 4.50. The monoisotopic (exact) mass is 297 g/mol. The molecule has 0 bridgehead atoms. The Morgan fingerprint density at radius 2 is 0.913 bits per heavy atom. The van der Waals surface area contributed by atoms with E-state index < -0.39 is 0 Å². The SMILES string of the molecule is Cc1ccc(C)c2c(-c3ccccc3)[nH]c(-c3ccccc3)c12. The summed E-state index contributed by atoms with van der Waals surface area (Å²) in [6.07, 6.45) is 0. The zero-order valence-corrected chi connectivity index (χ0v) is 13.4. The molecule has 0 spiro atoms. The summed E-state index contributed by atoms with van der Waals surface area (Å²) in [5.41, 5.74) is 7.49. The van der Waals surface area contributed by atoms with Gasteiger partial charge in [0.05, 0.1) is 11.4 Å². The first kappa shape index (κ1) is 13.8. The van der Waals surface area contributed by atoms with Gasteiger partial charge in [0.1, 0.15) is 0 Å². The zero-order valence-electron chi connectivity index (χ0n) is 13.4. The van der Waals surface area contributed by atoms with Gasteiger partial charge in [-0.25, -0.2) is 0 Å². The van der Waals surface area contributed by atoms with Gasteiger partial charge in [-0.1, -0.05) is 72.8 Å². The Hall–Kier alpha value is -2.80. The average Bonchev–Trinajstić information content (AvgIpc) is 3.02. The summed E-state index contributed by atoms with van der Waals surface area (Å²) in [5.74, 6) is 0. The summed E-state index contributed by atoms with van der Waals surface area (Å²) in [4.78, 5) is 3.70. The highest BCUT2D eigenvalue weighted by molar-refractivity contribution is 6.07. The molecule has 0 aliphatic carbocycles. The minimum atomic E-state index is 1.21. The van der Waals surface area contributed by atoms with E-state index in [4.69, 9.17) is 0 Å². The lowest BCUT2D eigenvalue weighted by molar-refractivity contribution is 1.40. The van der Waals surface area contributed by atoms with Gasteiger partial charge in [0.25, 0.3) is 0 Å². The molecule has 0 aliphatic heterocycles. The zero-order chi connectivity index (χ0) is 15.8. The minimum absolute atomic E-state index is 1.21. The number of aromatic nitrogens is 1. The van der Waals surface area contributed by atoms with Crippen LogP contribution >= 0.6 is 0 Å². The molecule has 0 unspecified atom stereocenters. The van der Waals surface area contributed by atoms with Gasteiger partial charge in [-0.2, -0.15) is 0 Å². The Morgan fingerprint density at radius 1 is 0.522 bits per heavy atom. The van der Waals surface area contributed by atoms with Gasteiger partial charge in [0.15, 0.2) is 0 Å². The molecule has 0 saturated heterocycles. The second-order valence-corrected chi connectivity index (χ2v) is 6.06. The predicted molar refractivity (Wildman–Crippen MR) is 98.6 cm³/mol. The van der Waals surface area contributed by atoms with Crippen LogP contribution in [0.4, 0.5) is 0 Å². The van der Waals surface area contributed by atoms with Gasteiger partial charge in [0.2, 0.25) is 0 Å². The normalized spacial score (nSPS) is 11.0. The number of H-pyrrole nitrogens is 1. The van der Waals surface area contributed by atoms with E-state index in [1.54, 1.807) is 0 Å². The lowest BCUT2D eigenvalue weighted by Crippen LogP contribution is -1.82. The second kappa shape index (κ2) is 5.44. The van der Waals surface area contributed by atoms with Crippen LogP contribution in [-0.4, -0.2) is 4.98 Å². The van der Waals surface area contributed by atoms with E-state index in [-0.39, 0.29) is 0 Å². The largest absolute Gasteiger partial charge is 0.354 e. The number of nitrogens with one attached hydrogen (secondary N) is 1. The highest BCUT2D eigenvalue weighted by Gasteiger charge is 2.16. The van der Waals surface area contributed by atoms with Crippen LogP contribution in [0.2, 0.25) is 0 Å². The Balaban J connectivity index is 2.11. The van der Waals surface area contributed by atoms with E-state index in [0.717, 1.165) is 0 Å². The van der Waals surface area contributed by atoms with E-state index in [0.29, 0.717) is 0 Å². The number of aromatic amines is 1. The van der Waals surface area contributed by atoms with Crippen molar-refractivity contribution in [1.29, 1.82) is 0 Å². The number of hydrogen-bond acceptors (Lipinski definition) is 0. The quantitative estimate of drug-likeness (QED) is 0.459. The molecule has 0 fully saturated rings. The topological polar surface area (TPSA) is 15.8 Å². The molecule has 23 heavy (non-hydrogen) atoms. The van der Waals surface area contributed by atoms with Crippen LogP contribution in [0.15, 0.2) is 72.8 Å². The maximum absolute atomic E-state index is 3.70. The maximum Gasteiger partial charge on any atom is 0.0541 e. The number of rotatable bonds is 2. The van der Waals surface area contributed by atoms with Crippen LogP contribution in [0, 0.1) is 13.8 Å². The third kappa shape index (κ3) is 2.25. The Morgan fingerprint density at radius 3 is 1.30 bits per heavy atom. The molecule has 0 radical (unpaired) electrons. The molecule has 0 atom stereocenters. The van der Waals surface area contributed by atoms with Gasteiger partial charge in [0, 0.05) is 10.8 Å². The Labute approximate surface area is 136 Å². The van der Waals surface area contributed by atoms with Gasteiger partial charge < -0.3 is 4.98 Å². The molecule has 4 aromatic rings. The van der Waals surface area contributed by atoms with E-state index in [1.165, 1.54) is 44.4 Å². The van der Waals surface area contributed by atoms with Crippen LogP contribution in [0.5, 0.6) is 0 Å². The van der Waals surface area contributed by atoms with E-state index >= 15 is 0 Å². The van der Waals surface area contributed by atoms with Crippen LogP contribution in [0.25, 0.3) is 33.3 Å². The number of fused-ring (bicyclic) bond motifs is 1. The van der Waals surface area contributed by atoms with Gasteiger partial charge in [-0.15, -0.1) is 0 Å². The standard InChI is InChI=1S/C22H19N/c1-15-13-14-16(2)20-19(15)21(17-9-5-3-6-10-17)23-22(20)18-11-7-4-8-12-18/h3-14,23H,1-2H3. The lowest BCUT2D eigenvalue weighted by Gasteiger charge is -2.05. The van der Waals surface area contributed by atoms with Crippen molar-refractivity contribution in [3.8, 4) is 22.5 Å². The predicted octanol–water partition coefficient (Wildman–Crippen LogP) is 6.12. The lowest BCUT2D eigenvalue weighted by atomic mass is 9.97. The fourth-order valence-corrected chi connectivity index (χ4v) is 3.35. The molecular weight excluding hydrogens is 278 g/mol. The van der Waals surface area contributed by atoms with Crippen molar-refractivity contribution in [1.82, 2.24) is 4.98 Å². The average molecular weight is 297 g/mol. The number of hydrogen-bond donors (Lipinski definition) is 1. The molecule has 4 rings (SSSR count). The van der Waals surface area contributed by atoms with Crippen LogP contribution < -0.4 is 0 Å². The summed E-state index contributed by atoms with van der Waals surface area (Å²) >= 11 is 0. The molecule has 1 heteroatoms. The maximum atomic E-state index is 3.70. The number of aryl methyl sites for hydroxylation is 2. The van der Waals surface area contributed by atoms with Crippen molar-refractivity contribution in [3.63, 3.8) is 0 Å². The van der Waals surface area contributed by atoms with Crippen LogP contribution in [-0.2, 0) is 0 Å². The van der Waals surface area contributed by atoms with Gasteiger partial charge >= 0.3 is 0 Å². The Kier molecular flexibility index (Phi) is 3.27. The van der Waals surface area contributed by atoms with Gasteiger partial charge in [-0.05, 0) is 36.1 Å². The van der Waals surface area contributed by atoms with Crippen LogP contribution in [0.3, 0.4) is 0 Å². The van der Waals surface area contributed by atoms with E-state index in [2.05, 4.69) is 91.6 Å². The highest BCUT2D eigenvalue weighted by Crippen LogP contribution is 2.39. The summed E-state index contributed by atoms with van der Waals surface area (Å²) in [6, 6.07) is 25.6. The molecule has 112 valence electrons. The summed E-state index contributed by atoms with van der Waals surface area (Å²) in [5, 5.41) is 2.66. The molecule has 3 aromatic carbocycles. The van der Waals surface area contributed by atoms with Crippen molar-refractivity contribution in [3.05, 3.63) is 83.9 Å². The number of benzene rings is 3. The molecule has 0 saturated carbocycles. The molecule has 0 aliphatic rings. The van der Waals surface area contributed by atoms with Crippen molar-refractivity contribution in [2.75, 3.05) is 0 Å². The first-order valence-electron chi connectivity index (χ1n) is 7.98. The van der Waals surface area contributed by atoms with Gasteiger partial charge in [-0.3, -0.25) is 0 Å². The molecule has 1 nitrogen and oxygen atoms in total. The molecule has 1 heterocycles. The van der Waals surface area contributed by atoms with Crippen LogP contribution in [0.1, 0.15) is 11.1 Å². The van der Waals surface area contributed by atoms with Crippen molar-refractivity contribution in [2.45, 2.75) is 13.8 Å². The fraction of sp³-hybridized carbons (Fsp3) is 0.0909. The first-order valence-corrected chi connectivity index (χ1v) is 7.98. The van der Waals surface area contributed by atoms with Crippen molar-refractivity contribution in [2.24, 2.45) is 0 Å². The third-order valence-electron chi connectivity index (χ3n) is 4.50. The summed E-state index contributed by atoms with van der Waals surface area (Å²) in [7, 11) is 0. The van der Waals surface area contributed by atoms with Crippen molar-refractivity contribution < 1.29 is 0 Å². The summed E-state index contributed by atoms with van der Waals surface area (Å²) in [6.45, 7) is 4.38. The van der Waals surface area contributed by atoms with E-state index in [1.807, 2.05) is 0 Å². The summed E-state index contributed by atoms with van der Waals surface area (Å²) < 4.78 is 0. The van der Waals surface area contributed by atoms with Crippen molar-refractivity contribution >= 4 is 10.8 Å². The molecule has 1 aromatic heterocycles. The molecular formula is C22H19N. The second-order valence-electron chi connectivity index (χ2n) is 6.06. The fourth-order valence-electron chi connectivity index (χ4n) is 3.35. The molecule has 0 amide bonds. The first-order chi connectivity index (χ1) is 11.3. The van der Waals surface area contributed by atoms with E-state index in [9.17, 15) is 0 Å². The molecule has 1 N–H and O–H groups in total. The Bertz CT molecular complexity index is 884. The minimum Gasteiger partial charge on any atom is -0.354 e. The highest BCUT2D eigenvalue weighted by atomic mass is 14.7. The smallest absolute Gasteiger partial charge is 0.0541 e.